The Hall–Kier alpha value is -0.810. The highest BCUT2D eigenvalue weighted by Gasteiger charge is 2.27. The molecule has 2 unspecified atom stereocenters. The molecule has 1 saturated heterocycles. The van der Waals surface area contributed by atoms with E-state index >= 15 is 0 Å². The van der Waals surface area contributed by atoms with Crippen molar-refractivity contribution in [2.75, 3.05) is 24.3 Å². The van der Waals surface area contributed by atoms with Crippen molar-refractivity contribution in [3.05, 3.63) is 16.9 Å². The van der Waals surface area contributed by atoms with Crippen LogP contribution in [0.2, 0.25) is 0 Å². The number of pyridine rings is 1. The zero-order chi connectivity index (χ0) is 12.4. The van der Waals surface area contributed by atoms with Crippen LogP contribution in [0.4, 0.5) is 11.4 Å². The number of piperidine rings is 1. The molecule has 0 bridgehead atoms. The Balaban J connectivity index is 2.23. The van der Waals surface area contributed by atoms with E-state index in [-0.39, 0.29) is 0 Å². The number of hydrogen-bond donors (Lipinski definition) is 1. The average Bonchev–Trinajstić information content (AvgIpc) is 2.30. The summed E-state index contributed by atoms with van der Waals surface area (Å²) in [6.07, 6.45) is 5.93. The number of ether oxygens (including phenoxy) is 1. The highest BCUT2D eigenvalue weighted by molar-refractivity contribution is 9.10. The van der Waals surface area contributed by atoms with Gasteiger partial charge in [0.2, 0.25) is 0 Å². The minimum atomic E-state index is 0.364. The molecule has 1 aliphatic rings. The number of methoxy groups -OCH3 is 1. The predicted molar refractivity (Wildman–Crippen MR) is 73.2 cm³/mol. The Bertz CT molecular complexity index is 379. The van der Waals surface area contributed by atoms with Gasteiger partial charge in [-0.15, -0.1) is 0 Å². The number of rotatable bonds is 2. The molecule has 0 spiro atoms. The maximum absolute atomic E-state index is 6.02. The molecule has 94 valence electrons. The standard InChI is InChI=1S/C12H18BrN3O/c1-8-5-9(17-2)3-4-16(8)12-10(13)6-15-7-11(12)14/h6-9H,3-5,14H2,1-2H3. The van der Waals surface area contributed by atoms with Gasteiger partial charge in [-0.1, -0.05) is 0 Å². The molecular formula is C12H18BrN3O. The molecule has 2 rings (SSSR count). The van der Waals surface area contributed by atoms with Gasteiger partial charge in [0.1, 0.15) is 0 Å². The van der Waals surface area contributed by atoms with Crippen molar-refractivity contribution in [1.82, 2.24) is 4.98 Å². The maximum atomic E-state index is 6.02. The van der Waals surface area contributed by atoms with Crippen LogP contribution in [0.3, 0.4) is 0 Å². The van der Waals surface area contributed by atoms with Crippen molar-refractivity contribution >= 4 is 27.3 Å². The Morgan fingerprint density at radius 1 is 1.53 bits per heavy atom. The van der Waals surface area contributed by atoms with E-state index < -0.39 is 0 Å². The Morgan fingerprint density at radius 2 is 2.29 bits per heavy atom. The van der Waals surface area contributed by atoms with Gasteiger partial charge >= 0.3 is 0 Å². The summed E-state index contributed by atoms with van der Waals surface area (Å²) in [7, 11) is 1.78. The molecule has 17 heavy (non-hydrogen) atoms. The Labute approximate surface area is 110 Å². The van der Waals surface area contributed by atoms with E-state index in [4.69, 9.17) is 10.5 Å². The molecule has 2 N–H and O–H groups in total. The smallest absolute Gasteiger partial charge is 0.0778 e. The van der Waals surface area contributed by atoms with Crippen LogP contribution in [0, 0.1) is 0 Å². The summed E-state index contributed by atoms with van der Waals surface area (Å²) in [6.45, 7) is 3.17. The van der Waals surface area contributed by atoms with Crippen molar-refractivity contribution in [3.63, 3.8) is 0 Å². The first kappa shape index (κ1) is 12.6. The molecule has 0 amide bonds. The van der Waals surface area contributed by atoms with Crippen LogP contribution in [0.1, 0.15) is 19.8 Å². The second-order valence-corrected chi connectivity index (χ2v) is 5.34. The van der Waals surface area contributed by atoms with E-state index in [9.17, 15) is 0 Å². The minimum Gasteiger partial charge on any atom is -0.396 e. The number of aromatic nitrogens is 1. The molecule has 2 heterocycles. The van der Waals surface area contributed by atoms with Crippen LogP contribution in [0.15, 0.2) is 16.9 Å². The number of nitrogens with two attached hydrogens (primary N) is 1. The summed E-state index contributed by atoms with van der Waals surface area (Å²) in [5, 5.41) is 0. The van der Waals surface area contributed by atoms with Crippen molar-refractivity contribution in [1.29, 1.82) is 0 Å². The van der Waals surface area contributed by atoms with Gasteiger partial charge in [0.25, 0.3) is 0 Å². The first-order chi connectivity index (χ1) is 8.13. The molecule has 4 nitrogen and oxygen atoms in total. The van der Waals surface area contributed by atoms with E-state index in [1.807, 2.05) is 0 Å². The molecule has 0 saturated carbocycles. The molecule has 1 aliphatic heterocycles. The minimum absolute atomic E-state index is 0.364. The third kappa shape index (κ3) is 2.55. The predicted octanol–water partition coefficient (Wildman–Crippen LogP) is 2.43. The van der Waals surface area contributed by atoms with Crippen LogP contribution in [-0.2, 0) is 4.74 Å². The van der Waals surface area contributed by atoms with Crippen molar-refractivity contribution < 1.29 is 4.74 Å². The monoisotopic (exact) mass is 299 g/mol. The van der Waals surface area contributed by atoms with E-state index in [1.54, 1.807) is 19.5 Å². The summed E-state index contributed by atoms with van der Waals surface area (Å²) in [4.78, 5) is 6.40. The molecule has 0 radical (unpaired) electrons. The summed E-state index contributed by atoms with van der Waals surface area (Å²) in [5.74, 6) is 0. The van der Waals surface area contributed by atoms with Gasteiger partial charge in [-0.05, 0) is 35.7 Å². The third-order valence-electron chi connectivity index (χ3n) is 3.35. The van der Waals surface area contributed by atoms with Gasteiger partial charge < -0.3 is 15.4 Å². The lowest BCUT2D eigenvalue weighted by Crippen LogP contribution is -2.43. The van der Waals surface area contributed by atoms with Crippen molar-refractivity contribution in [2.45, 2.75) is 31.9 Å². The Kier molecular flexibility index (Phi) is 3.89. The normalized spacial score (nSPS) is 25.0. The van der Waals surface area contributed by atoms with Crippen molar-refractivity contribution in [2.24, 2.45) is 0 Å². The van der Waals surface area contributed by atoms with Gasteiger partial charge in [-0.25, -0.2) is 0 Å². The van der Waals surface area contributed by atoms with Crippen LogP contribution in [-0.4, -0.2) is 30.8 Å². The molecular weight excluding hydrogens is 282 g/mol. The summed E-state index contributed by atoms with van der Waals surface area (Å²) in [6, 6.07) is 0.426. The van der Waals surface area contributed by atoms with Crippen LogP contribution < -0.4 is 10.6 Å². The van der Waals surface area contributed by atoms with E-state index in [0.29, 0.717) is 12.1 Å². The zero-order valence-electron chi connectivity index (χ0n) is 10.2. The topological polar surface area (TPSA) is 51.4 Å². The fourth-order valence-electron chi connectivity index (χ4n) is 2.42. The fourth-order valence-corrected chi connectivity index (χ4v) is 3.00. The average molecular weight is 300 g/mol. The summed E-state index contributed by atoms with van der Waals surface area (Å²) >= 11 is 3.53. The van der Waals surface area contributed by atoms with Gasteiger partial charge in [-0.2, -0.15) is 0 Å². The zero-order valence-corrected chi connectivity index (χ0v) is 11.8. The number of nitrogen functional groups attached to an aromatic ring is 1. The fraction of sp³-hybridized carbons (Fsp3) is 0.583. The Morgan fingerprint density at radius 3 is 2.88 bits per heavy atom. The van der Waals surface area contributed by atoms with Gasteiger partial charge in [-0.3, -0.25) is 4.98 Å². The molecule has 0 aromatic carbocycles. The first-order valence-electron chi connectivity index (χ1n) is 5.82. The molecule has 1 fully saturated rings. The lowest BCUT2D eigenvalue weighted by molar-refractivity contribution is 0.0721. The van der Waals surface area contributed by atoms with Gasteiger partial charge in [0.05, 0.1) is 28.1 Å². The maximum Gasteiger partial charge on any atom is 0.0778 e. The third-order valence-corrected chi connectivity index (χ3v) is 3.93. The molecule has 1 aromatic heterocycles. The van der Waals surface area contributed by atoms with E-state index in [0.717, 1.165) is 35.2 Å². The quantitative estimate of drug-likeness (QED) is 0.911. The largest absolute Gasteiger partial charge is 0.396 e. The molecule has 1 aromatic rings. The van der Waals surface area contributed by atoms with Gasteiger partial charge in [0.15, 0.2) is 0 Å². The number of anilines is 2. The second-order valence-electron chi connectivity index (χ2n) is 4.48. The highest BCUT2D eigenvalue weighted by atomic mass is 79.9. The number of halogens is 1. The second kappa shape index (κ2) is 5.23. The lowest BCUT2D eigenvalue weighted by atomic mass is 10.00. The van der Waals surface area contributed by atoms with Crippen LogP contribution in [0.5, 0.6) is 0 Å². The molecule has 0 aliphatic carbocycles. The van der Waals surface area contributed by atoms with E-state index in [2.05, 4.69) is 32.7 Å². The lowest BCUT2D eigenvalue weighted by Gasteiger charge is -2.39. The summed E-state index contributed by atoms with van der Waals surface area (Å²) in [5.41, 5.74) is 7.80. The highest BCUT2D eigenvalue weighted by Crippen LogP contribution is 2.35. The van der Waals surface area contributed by atoms with E-state index in [1.165, 1.54) is 0 Å². The van der Waals surface area contributed by atoms with Crippen molar-refractivity contribution in [3.8, 4) is 0 Å². The number of hydrogen-bond acceptors (Lipinski definition) is 4. The van der Waals surface area contributed by atoms with Crippen LogP contribution in [0.25, 0.3) is 0 Å². The SMILES string of the molecule is COC1CCN(c2c(N)cncc2Br)C(C)C1. The molecule has 2 atom stereocenters. The number of nitrogens with zero attached hydrogens (tertiary/aromatic N) is 2. The summed E-state index contributed by atoms with van der Waals surface area (Å²) < 4.78 is 6.38. The van der Waals surface area contributed by atoms with Gasteiger partial charge in [0, 0.05) is 25.9 Å². The molecule has 5 heteroatoms. The van der Waals surface area contributed by atoms with Crippen LogP contribution >= 0.6 is 15.9 Å². The first-order valence-corrected chi connectivity index (χ1v) is 6.61.